The van der Waals surface area contributed by atoms with Crippen LogP contribution in [0.3, 0.4) is 0 Å². The molecular weight excluding hydrogens is 475 g/mol. The molecule has 0 unspecified atom stereocenters. The van der Waals surface area contributed by atoms with Crippen LogP contribution in [-0.4, -0.2) is 41.0 Å². The van der Waals surface area contributed by atoms with Crippen molar-refractivity contribution < 1.29 is 14.3 Å². The lowest BCUT2D eigenvalue weighted by Crippen LogP contribution is -2.12. The number of hydrogen-bond acceptors (Lipinski definition) is 5. The van der Waals surface area contributed by atoms with E-state index >= 15 is 0 Å². The van der Waals surface area contributed by atoms with Crippen LogP contribution in [0.2, 0.25) is 10.0 Å². The molecule has 4 rings (SSSR count). The first-order chi connectivity index (χ1) is 16.4. The number of rotatable bonds is 8. The summed E-state index contributed by atoms with van der Waals surface area (Å²) in [6.45, 7) is 2.67. The van der Waals surface area contributed by atoms with E-state index < -0.39 is 0 Å². The van der Waals surface area contributed by atoms with Crippen molar-refractivity contribution >= 4 is 34.8 Å². The first-order valence-corrected chi connectivity index (χ1v) is 11.2. The Morgan fingerprint density at radius 2 is 1.79 bits per heavy atom. The topological polar surface area (TPSA) is 78.3 Å². The van der Waals surface area contributed by atoms with Crippen molar-refractivity contribution in [3.8, 4) is 23.1 Å². The first kappa shape index (κ1) is 23.8. The third-order valence-electron chi connectivity index (χ3n) is 4.95. The normalized spacial score (nSPS) is 10.8. The summed E-state index contributed by atoms with van der Waals surface area (Å²) in [5, 5.41) is 8.27. The van der Waals surface area contributed by atoms with Crippen LogP contribution in [0.25, 0.3) is 17.1 Å². The number of amides is 1. The quantitative estimate of drug-likeness (QED) is 0.310. The van der Waals surface area contributed by atoms with E-state index in [0.717, 1.165) is 5.56 Å². The largest absolute Gasteiger partial charge is 0.460 e. The zero-order chi connectivity index (χ0) is 24.1. The third-order valence-corrected chi connectivity index (χ3v) is 5.69. The summed E-state index contributed by atoms with van der Waals surface area (Å²) < 4.78 is 12.3. The van der Waals surface area contributed by atoms with Gasteiger partial charge in [0, 0.05) is 23.9 Å². The number of carbonyl (C=O) groups is 1. The van der Waals surface area contributed by atoms with Gasteiger partial charge in [0.2, 0.25) is 0 Å². The molecule has 34 heavy (non-hydrogen) atoms. The second-order valence-electron chi connectivity index (χ2n) is 7.47. The maximum absolute atomic E-state index is 12.7. The Hall–Kier alpha value is -3.39. The van der Waals surface area contributed by atoms with Crippen LogP contribution in [0.5, 0.6) is 6.01 Å². The van der Waals surface area contributed by atoms with Gasteiger partial charge in [-0.2, -0.15) is 4.98 Å². The molecule has 1 amide bonds. The van der Waals surface area contributed by atoms with Gasteiger partial charge in [0.25, 0.3) is 5.91 Å². The molecule has 0 spiro atoms. The Kier molecular flexibility index (Phi) is 7.47. The molecule has 1 aromatic heterocycles. The third kappa shape index (κ3) is 5.56. The number of nitrogens with zero attached hydrogens (tertiary/aromatic N) is 3. The molecule has 1 N–H and O–H groups in total. The number of methoxy groups -OCH3 is 1. The highest BCUT2D eigenvalue weighted by Crippen LogP contribution is 2.30. The van der Waals surface area contributed by atoms with E-state index in [4.69, 9.17) is 32.7 Å². The summed E-state index contributed by atoms with van der Waals surface area (Å²) in [7, 11) is 1.59. The minimum absolute atomic E-state index is 0.187. The van der Waals surface area contributed by atoms with Gasteiger partial charge in [-0.15, -0.1) is 5.10 Å². The van der Waals surface area contributed by atoms with Crippen molar-refractivity contribution in [3.05, 3.63) is 87.9 Å². The molecule has 0 aliphatic carbocycles. The molecule has 0 aliphatic rings. The van der Waals surface area contributed by atoms with E-state index in [9.17, 15) is 4.79 Å². The van der Waals surface area contributed by atoms with Crippen LogP contribution in [0, 0.1) is 6.92 Å². The van der Waals surface area contributed by atoms with E-state index in [2.05, 4.69) is 15.4 Å². The van der Waals surface area contributed by atoms with E-state index in [-0.39, 0.29) is 11.9 Å². The second-order valence-corrected chi connectivity index (χ2v) is 8.28. The summed E-state index contributed by atoms with van der Waals surface area (Å²) in [6.07, 6.45) is 0. The van der Waals surface area contributed by atoms with Gasteiger partial charge in [-0.3, -0.25) is 4.79 Å². The maximum atomic E-state index is 12.7. The molecule has 1 heterocycles. The summed E-state index contributed by atoms with van der Waals surface area (Å²) in [4.78, 5) is 17.2. The van der Waals surface area contributed by atoms with Crippen molar-refractivity contribution in [2.24, 2.45) is 0 Å². The Bertz CT molecular complexity index is 1310. The molecule has 0 bridgehead atoms. The predicted molar refractivity (Wildman–Crippen MR) is 133 cm³/mol. The maximum Gasteiger partial charge on any atom is 0.336 e. The molecule has 4 aromatic rings. The van der Waals surface area contributed by atoms with Gasteiger partial charge in [-0.1, -0.05) is 47.0 Å². The van der Waals surface area contributed by atoms with Gasteiger partial charge in [-0.25, -0.2) is 4.68 Å². The average Bonchev–Trinajstić information content (AvgIpc) is 3.26. The molecule has 0 aliphatic heterocycles. The van der Waals surface area contributed by atoms with Crippen molar-refractivity contribution in [3.63, 3.8) is 0 Å². The molecule has 0 atom stereocenters. The van der Waals surface area contributed by atoms with Crippen LogP contribution in [0.4, 0.5) is 5.69 Å². The highest BCUT2D eigenvalue weighted by molar-refractivity contribution is 6.42. The average molecular weight is 497 g/mol. The summed E-state index contributed by atoms with van der Waals surface area (Å²) >= 11 is 12.3. The Morgan fingerprint density at radius 1 is 1.00 bits per heavy atom. The predicted octanol–water partition coefficient (Wildman–Crippen LogP) is 5.83. The lowest BCUT2D eigenvalue weighted by Gasteiger charge is -2.10. The van der Waals surface area contributed by atoms with Gasteiger partial charge in [0.15, 0.2) is 5.82 Å². The highest BCUT2D eigenvalue weighted by Gasteiger charge is 2.17. The lowest BCUT2D eigenvalue weighted by atomic mass is 10.1. The zero-order valence-corrected chi connectivity index (χ0v) is 20.1. The van der Waals surface area contributed by atoms with Gasteiger partial charge in [0.1, 0.15) is 6.61 Å². The minimum atomic E-state index is -0.205. The summed E-state index contributed by atoms with van der Waals surface area (Å²) in [5.74, 6) is 0.303. The number of aromatic nitrogens is 3. The molecule has 9 heteroatoms. The second kappa shape index (κ2) is 10.7. The Morgan fingerprint density at radius 3 is 2.53 bits per heavy atom. The molecule has 7 nitrogen and oxygen atoms in total. The van der Waals surface area contributed by atoms with Crippen molar-refractivity contribution in [1.29, 1.82) is 0 Å². The van der Waals surface area contributed by atoms with Crippen LogP contribution in [-0.2, 0) is 4.74 Å². The zero-order valence-electron chi connectivity index (χ0n) is 18.6. The van der Waals surface area contributed by atoms with Gasteiger partial charge < -0.3 is 14.8 Å². The number of aryl methyl sites for hydroxylation is 1. The summed E-state index contributed by atoms with van der Waals surface area (Å²) in [5.41, 5.74) is 3.65. The lowest BCUT2D eigenvalue weighted by molar-refractivity contribution is 0.102. The van der Waals surface area contributed by atoms with Gasteiger partial charge >= 0.3 is 6.01 Å². The van der Waals surface area contributed by atoms with Crippen molar-refractivity contribution in [1.82, 2.24) is 14.8 Å². The fraction of sp³-hybridized carbons (Fsp3) is 0.160. The van der Waals surface area contributed by atoms with Gasteiger partial charge in [0.05, 0.1) is 22.3 Å². The number of benzene rings is 3. The first-order valence-electron chi connectivity index (χ1n) is 10.5. The van der Waals surface area contributed by atoms with E-state index in [1.165, 1.54) is 0 Å². The number of anilines is 1. The number of ether oxygens (including phenoxy) is 2. The standard InChI is InChI=1S/C25H22Cl2N4O3/c1-16-6-8-17(9-7-16)24(32)28-19-4-3-5-20(15-19)31-23(18-10-11-21(26)22(27)14-18)29-25(30-31)34-13-12-33-2/h3-11,14-15H,12-13H2,1-2H3,(H,28,32). The van der Waals surface area contributed by atoms with E-state index in [0.29, 0.717) is 51.6 Å². The highest BCUT2D eigenvalue weighted by atomic mass is 35.5. The van der Waals surface area contributed by atoms with Crippen LogP contribution < -0.4 is 10.1 Å². The van der Waals surface area contributed by atoms with Gasteiger partial charge in [-0.05, 0) is 55.5 Å². The monoisotopic (exact) mass is 496 g/mol. The molecule has 174 valence electrons. The van der Waals surface area contributed by atoms with Crippen LogP contribution in [0.15, 0.2) is 66.7 Å². The SMILES string of the molecule is COCCOc1nc(-c2ccc(Cl)c(Cl)c2)n(-c2cccc(NC(=O)c3ccc(C)cc3)c2)n1. The number of nitrogens with one attached hydrogen (secondary N) is 1. The van der Waals surface area contributed by atoms with E-state index in [1.54, 1.807) is 54.3 Å². The molecule has 0 fully saturated rings. The molecule has 3 aromatic carbocycles. The van der Waals surface area contributed by atoms with Crippen molar-refractivity contribution in [2.75, 3.05) is 25.6 Å². The van der Waals surface area contributed by atoms with E-state index in [1.807, 2.05) is 31.2 Å². The number of halogens is 2. The molecular formula is C25H22Cl2N4O3. The number of hydrogen-bond donors (Lipinski definition) is 1. The fourth-order valence-electron chi connectivity index (χ4n) is 3.20. The van der Waals surface area contributed by atoms with Crippen molar-refractivity contribution in [2.45, 2.75) is 6.92 Å². The van der Waals surface area contributed by atoms with Crippen LogP contribution >= 0.6 is 23.2 Å². The Labute approximate surface area is 207 Å². The molecule has 0 radical (unpaired) electrons. The smallest absolute Gasteiger partial charge is 0.336 e. The summed E-state index contributed by atoms with van der Waals surface area (Å²) in [6, 6.07) is 20.1. The minimum Gasteiger partial charge on any atom is -0.460 e. The molecule has 0 saturated heterocycles. The van der Waals surface area contributed by atoms with Crippen LogP contribution in [0.1, 0.15) is 15.9 Å². The number of carbonyl (C=O) groups excluding carboxylic acids is 1. The Balaban J connectivity index is 1.67. The fourth-order valence-corrected chi connectivity index (χ4v) is 3.49. The molecule has 0 saturated carbocycles.